The number of rotatable bonds is 10. The molecule has 0 aromatic heterocycles. The minimum Gasteiger partial charge on any atom is -0.480 e. The largest absolute Gasteiger partial charge is 0.480 e. The van der Waals surface area contributed by atoms with Gasteiger partial charge in [-0.3, -0.25) is 9.59 Å². The van der Waals surface area contributed by atoms with Crippen LogP contribution < -0.4 is 5.32 Å². The van der Waals surface area contributed by atoms with Crippen molar-refractivity contribution in [1.82, 2.24) is 10.2 Å². The van der Waals surface area contributed by atoms with Crippen LogP contribution >= 0.6 is 0 Å². The number of hydrogen-bond acceptors (Lipinski definition) is 4. The molecule has 0 radical (unpaired) electrons. The Hall–Kier alpha value is -4.13. The first-order chi connectivity index (χ1) is 17.7. The van der Waals surface area contributed by atoms with E-state index in [1.807, 2.05) is 68.4 Å². The molecule has 2 amide bonds. The van der Waals surface area contributed by atoms with Gasteiger partial charge in [0.2, 0.25) is 5.91 Å². The number of ether oxygens (including phenoxy) is 1. The number of carbonyl (C=O) groups excluding carboxylic acids is 2. The summed E-state index contributed by atoms with van der Waals surface area (Å²) >= 11 is 0. The maximum atomic E-state index is 12.9. The van der Waals surface area contributed by atoms with Gasteiger partial charge in [-0.2, -0.15) is 0 Å². The van der Waals surface area contributed by atoms with Crippen LogP contribution in [0.15, 0.2) is 78.9 Å². The van der Waals surface area contributed by atoms with Crippen molar-refractivity contribution in [3.05, 3.63) is 95.6 Å². The molecule has 7 nitrogen and oxygen atoms in total. The molecule has 4 rings (SSSR count). The van der Waals surface area contributed by atoms with Crippen molar-refractivity contribution in [2.24, 2.45) is 0 Å². The maximum Gasteiger partial charge on any atom is 0.407 e. The van der Waals surface area contributed by atoms with Crippen molar-refractivity contribution in [3.8, 4) is 11.1 Å². The van der Waals surface area contributed by atoms with Crippen LogP contribution in [0.4, 0.5) is 4.79 Å². The molecule has 0 saturated heterocycles. The van der Waals surface area contributed by atoms with E-state index in [4.69, 9.17) is 4.74 Å². The smallest absolute Gasteiger partial charge is 0.407 e. The number of carboxylic acid groups (broad SMARTS) is 1. The first kappa shape index (κ1) is 25.9. The topological polar surface area (TPSA) is 95.9 Å². The molecule has 2 N–H and O–H groups in total. The second-order valence-electron chi connectivity index (χ2n) is 9.96. The van der Waals surface area contributed by atoms with Crippen LogP contribution in [-0.4, -0.2) is 46.7 Å². The SMILES string of the molecule is CC(C)(CCC(=O)N(CC(=O)O)Cc1ccccc1)NC(=O)OCC1c2ccccc2-c2ccccc21. The third kappa shape index (κ3) is 6.55. The van der Waals surface area contributed by atoms with Crippen LogP contribution in [0.5, 0.6) is 0 Å². The first-order valence-electron chi connectivity index (χ1n) is 12.4. The minimum absolute atomic E-state index is 0.0367. The van der Waals surface area contributed by atoms with Gasteiger partial charge in [-0.05, 0) is 48.1 Å². The predicted molar refractivity (Wildman–Crippen MR) is 141 cm³/mol. The van der Waals surface area contributed by atoms with E-state index in [1.165, 1.54) is 4.90 Å². The molecular formula is C30H32N2O5. The predicted octanol–water partition coefficient (Wildman–Crippen LogP) is 5.20. The zero-order valence-electron chi connectivity index (χ0n) is 21.1. The summed E-state index contributed by atoms with van der Waals surface area (Å²) in [5.74, 6) is -1.39. The summed E-state index contributed by atoms with van der Waals surface area (Å²) in [6.07, 6.45) is -0.122. The van der Waals surface area contributed by atoms with Crippen molar-refractivity contribution in [2.75, 3.05) is 13.2 Å². The summed E-state index contributed by atoms with van der Waals surface area (Å²) in [4.78, 5) is 38.2. The summed E-state index contributed by atoms with van der Waals surface area (Å²) in [7, 11) is 0. The van der Waals surface area contributed by atoms with E-state index in [1.54, 1.807) is 0 Å². The summed E-state index contributed by atoms with van der Waals surface area (Å²) in [6, 6.07) is 25.6. The third-order valence-electron chi connectivity index (χ3n) is 6.64. The quantitative estimate of drug-likeness (QED) is 0.399. The number of benzene rings is 3. The number of fused-ring (bicyclic) bond motifs is 3. The number of hydrogen-bond donors (Lipinski definition) is 2. The highest BCUT2D eigenvalue weighted by atomic mass is 16.5. The third-order valence-corrected chi connectivity index (χ3v) is 6.64. The van der Waals surface area contributed by atoms with Crippen molar-refractivity contribution >= 4 is 18.0 Å². The standard InChI is InChI=1S/C30H32N2O5/c1-30(2,17-16-27(33)32(19-28(34)35)18-21-10-4-3-5-11-21)31-29(36)37-20-26-24-14-8-6-12-22(24)23-13-7-9-15-25(23)26/h3-15,26H,16-20H2,1-2H3,(H,31,36)(H,34,35). The Morgan fingerprint density at radius 2 is 1.46 bits per heavy atom. The van der Waals surface area contributed by atoms with Crippen LogP contribution in [0.3, 0.4) is 0 Å². The molecule has 0 spiro atoms. The number of carboxylic acids is 1. The van der Waals surface area contributed by atoms with Crippen LogP contribution in [0.2, 0.25) is 0 Å². The lowest BCUT2D eigenvalue weighted by Gasteiger charge is -2.28. The second kappa shape index (κ2) is 11.3. The van der Waals surface area contributed by atoms with E-state index >= 15 is 0 Å². The van der Waals surface area contributed by atoms with Gasteiger partial charge in [0.15, 0.2) is 0 Å². The summed E-state index contributed by atoms with van der Waals surface area (Å²) in [6.45, 7) is 3.68. The molecule has 3 aromatic rings. The molecule has 1 aliphatic rings. The number of aliphatic carboxylic acids is 1. The second-order valence-corrected chi connectivity index (χ2v) is 9.96. The van der Waals surface area contributed by atoms with Crippen LogP contribution in [0.25, 0.3) is 11.1 Å². The van der Waals surface area contributed by atoms with Gasteiger partial charge in [0.25, 0.3) is 0 Å². The zero-order chi connectivity index (χ0) is 26.4. The molecule has 0 unspecified atom stereocenters. The Kier molecular flexibility index (Phi) is 7.92. The van der Waals surface area contributed by atoms with Crippen LogP contribution in [-0.2, 0) is 20.9 Å². The Labute approximate surface area is 217 Å². The summed E-state index contributed by atoms with van der Waals surface area (Å²) in [5, 5.41) is 12.1. The lowest BCUT2D eigenvalue weighted by Crippen LogP contribution is -2.45. The average molecular weight is 501 g/mol. The van der Waals surface area contributed by atoms with E-state index in [9.17, 15) is 19.5 Å². The summed E-state index contributed by atoms with van der Waals surface area (Å²) in [5.41, 5.74) is 4.73. The first-order valence-corrected chi connectivity index (χ1v) is 12.4. The maximum absolute atomic E-state index is 12.9. The molecule has 192 valence electrons. The molecule has 0 atom stereocenters. The van der Waals surface area contributed by atoms with Crippen LogP contribution in [0.1, 0.15) is 49.3 Å². The number of alkyl carbamates (subject to hydrolysis) is 1. The molecule has 0 bridgehead atoms. The number of nitrogens with one attached hydrogen (secondary N) is 1. The molecule has 3 aromatic carbocycles. The molecule has 0 heterocycles. The molecule has 0 fully saturated rings. The van der Waals surface area contributed by atoms with Crippen molar-refractivity contribution < 1.29 is 24.2 Å². The molecule has 0 saturated carbocycles. The minimum atomic E-state index is -1.07. The highest BCUT2D eigenvalue weighted by Crippen LogP contribution is 2.44. The number of amides is 2. The summed E-state index contributed by atoms with van der Waals surface area (Å²) < 4.78 is 5.64. The Morgan fingerprint density at radius 1 is 0.892 bits per heavy atom. The molecule has 7 heteroatoms. The fourth-order valence-corrected chi connectivity index (χ4v) is 4.75. The average Bonchev–Trinajstić information content (AvgIpc) is 3.19. The fraction of sp³-hybridized carbons (Fsp3) is 0.300. The monoisotopic (exact) mass is 500 g/mol. The number of carbonyl (C=O) groups is 3. The van der Waals surface area contributed by atoms with E-state index in [0.717, 1.165) is 27.8 Å². The van der Waals surface area contributed by atoms with Gasteiger partial charge in [-0.15, -0.1) is 0 Å². The Morgan fingerprint density at radius 3 is 2.05 bits per heavy atom. The molecule has 1 aliphatic carbocycles. The fourth-order valence-electron chi connectivity index (χ4n) is 4.75. The van der Waals surface area contributed by atoms with E-state index in [2.05, 4.69) is 29.6 Å². The van der Waals surface area contributed by atoms with E-state index in [0.29, 0.717) is 6.42 Å². The number of nitrogens with zero attached hydrogens (tertiary/aromatic N) is 1. The molecule has 0 aliphatic heterocycles. The Balaban J connectivity index is 1.32. The van der Waals surface area contributed by atoms with Crippen molar-refractivity contribution in [3.63, 3.8) is 0 Å². The van der Waals surface area contributed by atoms with E-state index in [-0.39, 0.29) is 37.9 Å². The van der Waals surface area contributed by atoms with Gasteiger partial charge < -0.3 is 20.1 Å². The van der Waals surface area contributed by atoms with Gasteiger partial charge >= 0.3 is 12.1 Å². The van der Waals surface area contributed by atoms with Gasteiger partial charge in [0, 0.05) is 24.4 Å². The lowest BCUT2D eigenvalue weighted by atomic mass is 9.97. The van der Waals surface area contributed by atoms with Gasteiger partial charge in [0.05, 0.1) is 0 Å². The van der Waals surface area contributed by atoms with Crippen molar-refractivity contribution in [1.29, 1.82) is 0 Å². The van der Waals surface area contributed by atoms with Crippen molar-refractivity contribution in [2.45, 2.75) is 44.7 Å². The van der Waals surface area contributed by atoms with Crippen LogP contribution in [0, 0.1) is 0 Å². The Bertz CT molecular complexity index is 1230. The van der Waals surface area contributed by atoms with Gasteiger partial charge in [-0.1, -0.05) is 78.9 Å². The molecular weight excluding hydrogens is 468 g/mol. The van der Waals surface area contributed by atoms with E-state index < -0.39 is 17.6 Å². The molecule has 37 heavy (non-hydrogen) atoms. The highest BCUT2D eigenvalue weighted by Gasteiger charge is 2.30. The highest BCUT2D eigenvalue weighted by molar-refractivity contribution is 5.81. The van der Waals surface area contributed by atoms with Gasteiger partial charge in [-0.25, -0.2) is 4.79 Å². The lowest BCUT2D eigenvalue weighted by molar-refractivity contribution is -0.145. The zero-order valence-corrected chi connectivity index (χ0v) is 21.1. The van der Waals surface area contributed by atoms with Gasteiger partial charge in [0.1, 0.15) is 13.2 Å². The normalized spacial score (nSPS) is 12.4.